The highest BCUT2D eigenvalue weighted by atomic mass is 14.9. The van der Waals surface area contributed by atoms with Crippen molar-refractivity contribution in [2.45, 2.75) is 32.1 Å². The van der Waals surface area contributed by atoms with Gasteiger partial charge in [0.15, 0.2) is 5.69 Å². The fourth-order valence-corrected chi connectivity index (χ4v) is 2.37. The van der Waals surface area contributed by atoms with Crippen LogP contribution in [-0.2, 0) is 0 Å². The first-order valence-electron chi connectivity index (χ1n) is 6.34. The SMILES string of the molecule is NC(=[NH+]CC1CCCCC1)c1ncccc1N. The molecule has 1 saturated carbocycles. The first kappa shape index (κ1) is 11.9. The van der Waals surface area contributed by atoms with Gasteiger partial charge >= 0.3 is 0 Å². The number of amidine groups is 1. The zero-order valence-electron chi connectivity index (χ0n) is 10.2. The van der Waals surface area contributed by atoms with Crippen LogP contribution < -0.4 is 16.5 Å². The lowest BCUT2D eigenvalue weighted by atomic mass is 9.89. The average molecular weight is 233 g/mol. The van der Waals surface area contributed by atoms with Crippen molar-refractivity contribution in [3.8, 4) is 0 Å². The molecule has 1 aliphatic carbocycles. The van der Waals surface area contributed by atoms with Crippen LogP contribution in [0.4, 0.5) is 5.69 Å². The molecule has 92 valence electrons. The van der Waals surface area contributed by atoms with Gasteiger partial charge in [-0.2, -0.15) is 0 Å². The molecule has 0 aliphatic heterocycles. The van der Waals surface area contributed by atoms with Crippen LogP contribution in [0.5, 0.6) is 0 Å². The summed E-state index contributed by atoms with van der Waals surface area (Å²) in [6.45, 7) is 0.932. The van der Waals surface area contributed by atoms with E-state index in [0.717, 1.165) is 12.5 Å². The molecule has 0 unspecified atom stereocenters. The predicted octanol–water partition coefficient (Wildman–Crippen LogP) is 0.0300. The van der Waals surface area contributed by atoms with Crippen molar-refractivity contribution >= 4 is 11.5 Å². The Bertz CT molecular complexity index is 394. The van der Waals surface area contributed by atoms with E-state index in [1.165, 1.54) is 32.1 Å². The molecule has 2 rings (SSSR count). The highest BCUT2D eigenvalue weighted by Gasteiger charge is 2.15. The minimum absolute atomic E-state index is 0.591. The summed E-state index contributed by atoms with van der Waals surface area (Å²) in [6, 6.07) is 3.63. The normalized spacial score (nSPS) is 18.2. The maximum absolute atomic E-state index is 5.98. The van der Waals surface area contributed by atoms with Crippen LogP contribution in [0.2, 0.25) is 0 Å². The minimum atomic E-state index is 0.591. The van der Waals surface area contributed by atoms with Crippen molar-refractivity contribution in [3.63, 3.8) is 0 Å². The summed E-state index contributed by atoms with van der Waals surface area (Å²) in [5.41, 5.74) is 13.1. The number of rotatable bonds is 3. The van der Waals surface area contributed by atoms with Gasteiger partial charge in [-0.15, -0.1) is 0 Å². The first-order valence-corrected chi connectivity index (χ1v) is 6.34. The summed E-state index contributed by atoms with van der Waals surface area (Å²) < 4.78 is 0. The van der Waals surface area contributed by atoms with E-state index in [2.05, 4.69) is 9.98 Å². The lowest BCUT2D eigenvalue weighted by Crippen LogP contribution is -2.77. The number of aromatic nitrogens is 1. The van der Waals surface area contributed by atoms with E-state index in [0.29, 0.717) is 17.2 Å². The van der Waals surface area contributed by atoms with E-state index in [4.69, 9.17) is 11.5 Å². The second-order valence-electron chi connectivity index (χ2n) is 4.74. The summed E-state index contributed by atoms with van der Waals surface area (Å²) in [7, 11) is 0. The lowest BCUT2D eigenvalue weighted by Gasteiger charge is -2.18. The first-order chi connectivity index (χ1) is 8.27. The molecule has 0 radical (unpaired) electrons. The second kappa shape index (κ2) is 5.66. The summed E-state index contributed by atoms with van der Waals surface area (Å²) in [4.78, 5) is 7.45. The molecule has 5 N–H and O–H groups in total. The van der Waals surface area contributed by atoms with Gasteiger partial charge in [-0.05, 0) is 30.9 Å². The fraction of sp³-hybridized carbons (Fsp3) is 0.538. The average Bonchev–Trinajstić information content (AvgIpc) is 2.38. The van der Waals surface area contributed by atoms with Crippen LogP contribution in [0, 0.1) is 5.92 Å². The Balaban J connectivity index is 1.99. The van der Waals surface area contributed by atoms with Crippen molar-refractivity contribution < 1.29 is 4.99 Å². The molecule has 0 amide bonds. The Morgan fingerprint density at radius 3 is 2.82 bits per heavy atom. The van der Waals surface area contributed by atoms with Gasteiger partial charge in [-0.25, -0.2) is 4.98 Å². The number of anilines is 1. The van der Waals surface area contributed by atoms with E-state index < -0.39 is 0 Å². The van der Waals surface area contributed by atoms with Crippen LogP contribution in [0.15, 0.2) is 18.3 Å². The molecule has 1 aromatic heterocycles. The van der Waals surface area contributed by atoms with Crippen molar-refractivity contribution in [1.82, 2.24) is 4.98 Å². The maximum atomic E-state index is 5.98. The molecule has 0 atom stereocenters. The van der Waals surface area contributed by atoms with Crippen molar-refractivity contribution in [1.29, 1.82) is 0 Å². The zero-order valence-corrected chi connectivity index (χ0v) is 10.2. The number of nitrogens with two attached hydrogens (primary N) is 2. The topological polar surface area (TPSA) is 78.9 Å². The Morgan fingerprint density at radius 2 is 2.12 bits per heavy atom. The second-order valence-corrected chi connectivity index (χ2v) is 4.74. The monoisotopic (exact) mass is 233 g/mol. The molecule has 1 fully saturated rings. The van der Waals surface area contributed by atoms with Crippen molar-refractivity contribution in [3.05, 3.63) is 24.0 Å². The summed E-state index contributed by atoms with van der Waals surface area (Å²) in [6.07, 6.45) is 8.38. The van der Waals surface area contributed by atoms with E-state index in [-0.39, 0.29) is 0 Å². The molecule has 0 bridgehead atoms. The van der Waals surface area contributed by atoms with Gasteiger partial charge in [-0.3, -0.25) is 10.7 Å². The van der Waals surface area contributed by atoms with Crippen LogP contribution in [0.3, 0.4) is 0 Å². The van der Waals surface area contributed by atoms with Gasteiger partial charge in [0.05, 0.1) is 12.2 Å². The number of nitrogen functional groups attached to an aromatic ring is 2. The highest BCUT2D eigenvalue weighted by Crippen LogP contribution is 2.21. The Kier molecular flexibility index (Phi) is 3.96. The van der Waals surface area contributed by atoms with Crippen molar-refractivity contribution in [2.75, 3.05) is 12.3 Å². The molecular formula is C13H21N4+. The Hall–Kier alpha value is -1.58. The van der Waals surface area contributed by atoms with Gasteiger partial charge in [0.1, 0.15) is 0 Å². The predicted molar refractivity (Wildman–Crippen MR) is 69.4 cm³/mol. The van der Waals surface area contributed by atoms with E-state index in [1.807, 2.05) is 12.1 Å². The maximum Gasteiger partial charge on any atom is 0.293 e. The largest absolute Gasteiger partial charge is 0.397 e. The number of hydrogen-bond donors (Lipinski definition) is 3. The Morgan fingerprint density at radius 1 is 1.35 bits per heavy atom. The summed E-state index contributed by atoms with van der Waals surface area (Å²) >= 11 is 0. The third kappa shape index (κ3) is 3.19. The van der Waals surface area contributed by atoms with Crippen LogP contribution >= 0.6 is 0 Å². The molecule has 1 aliphatic rings. The molecule has 0 saturated heterocycles. The van der Waals surface area contributed by atoms with Gasteiger partial charge in [-0.1, -0.05) is 19.3 Å². The van der Waals surface area contributed by atoms with Gasteiger partial charge in [0, 0.05) is 6.20 Å². The quantitative estimate of drug-likeness (QED) is 0.509. The number of hydrogen-bond acceptors (Lipinski definition) is 2. The minimum Gasteiger partial charge on any atom is -0.397 e. The molecule has 4 nitrogen and oxygen atoms in total. The van der Waals surface area contributed by atoms with Gasteiger partial charge in [0.25, 0.3) is 5.84 Å². The van der Waals surface area contributed by atoms with Crippen LogP contribution in [-0.4, -0.2) is 17.4 Å². The molecule has 1 heterocycles. The third-order valence-electron chi connectivity index (χ3n) is 3.40. The molecule has 1 aromatic rings. The van der Waals surface area contributed by atoms with Crippen molar-refractivity contribution in [2.24, 2.45) is 11.7 Å². The molecule has 4 heteroatoms. The molecule has 17 heavy (non-hydrogen) atoms. The fourth-order valence-electron chi connectivity index (χ4n) is 2.37. The summed E-state index contributed by atoms with van der Waals surface area (Å²) in [5.74, 6) is 1.33. The standard InChI is InChI=1S/C13H20N4/c14-11-7-4-8-16-12(11)13(15)17-9-10-5-2-1-3-6-10/h4,7-8,10H,1-3,5-6,9,14H2,(H2,15,17)/p+1. The Labute approximate surface area is 102 Å². The van der Waals surface area contributed by atoms with E-state index in [9.17, 15) is 0 Å². The third-order valence-corrected chi connectivity index (χ3v) is 3.40. The molecule has 0 aromatic carbocycles. The molecular weight excluding hydrogens is 212 g/mol. The van der Waals surface area contributed by atoms with Crippen LogP contribution in [0.1, 0.15) is 37.8 Å². The summed E-state index contributed by atoms with van der Waals surface area (Å²) in [5, 5.41) is 0. The van der Waals surface area contributed by atoms with E-state index in [1.54, 1.807) is 6.20 Å². The molecule has 0 spiro atoms. The zero-order chi connectivity index (χ0) is 12.1. The van der Waals surface area contributed by atoms with Gasteiger partial charge < -0.3 is 5.73 Å². The highest BCUT2D eigenvalue weighted by molar-refractivity contribution is 5.95. The number of nitrogens with one attached hydrogen (secondary N) is 1. The lowest BCUT2D eigenvalue weighted by molar-refractivity contribution is -0.467. The number of pyridine rings is 1. The van der Waals surface area contributed by atoms with E-state index >= 15 is 0 Å². The smallest absolute Gasteiger partial charge is 0.293 e. The number of nitrogens with zero attached hydrogens (tertiary/aromatic N) is 1. The van der Waals surface area contributed by atoms with Crippen LogP contribution in [0.25, 0.3) is 0 Å². The van der Waals surface area contributed by atoms with Gasteiger partial charge in [0.2, 0.25) is 0 Å².